The number of carbonyl (C=O) groups excluding carboxylic acids is 1. The highest BCUT2D eigenvalue weighted by atomic mass is 32.3. The number of anilines is 2. The minimum absolute atomic E-state index is 0.00446. The normalized spacial score (nSPS) is 19.0. The molecular formula is C12H13FN2O5S. The summed E-state index contributed by atoms with van der Waals surface area (Å²) < 4.78 is 34.0. The number of nitrogens with two attached hydrogens (primary N) is 1. The van der Waals surface area contributed by atoms with Crippen molar-refractivity contribution in [1.82, 2.24) is 0 Å². The van der Waals surface area contributed by atoms with Crippen LogP contribution >= 0.6 is 0 Å². The summed E-state index contributed by atoms with van der Waals surface area (Å²) in [4.78, 5) is 24.1. The molecule has 21 heavy (non-hydrogen) atoms. The molecule has 0 aromatic heterocycles. The van der Waals surface area contributed by atoms with E-state index in [1.807, 2.05) is 0 Å². The first kappa shape index (κ1) is 15.2. The van der Waals surface area contributed by atoms with Gasteiger partial charge in [0.1, 0.15) is 0 Å². The fourth-order valence-corrected chi connectivity index (χ4v) is 3.12. The Labute approximate surface area is 120 Å². The highest BCUT2D eigenvalue weighted by Gasteiger charge is 2.34. The number of aromatic carboxylic acids is 1. The van der Waals surface area contributed by atoms with Gasteiger partial charge < -0.3 is 15.7 Å². The lowest BCUT2D eigenvalue weighted by atomic mass is 10.1. The summed E-state index contributed by atoms with van der Waals surface area (Å²) in [6.07, 6.45) is -0.111. The van der Waals surface area contributed by atoms with E-state index in [4.69, 9.17) is 10.8 Å². The third-order valence-corrected chi connectivity index (χ3v) is 4.01. The Morgan fingerprint density at radius 3 is 2.67 bits per heavy atom. The van der Waals surface area contributed by atoms with Crippen molar-refractivity contribution in [2.75, 3.05) is 22.9 Å². The topological polar surface area (TPSA) is 118 Å². The molecule has 7 nitrogen and oxygen atoms in total. The van der Waals surface area contributed by atoms with Crippen LogP contribution in [0.15, 0.2) is 18.2 Å². The third-order valence-electron chi connectivity index (χ3n) is 3.14. The molecule has 1 amide bonds. The standard InChI is InChI=1S/C12H13FN2O5S/c13-21(19,20)6-7-1-11(16)15(5-7)10-3-8(12(17)18)2-9(14)4-10/h2-4,7H,1,5-6,14H2,(H,17,18). The lowest BCUT2D eigenvalue weighted by Crippen LogP contribution is -2.25. The number of carboxylic acids is 1. The van der Waals surface area contributed by atoms with Gasteiger partial charge >= 0.3 is 16.2 Å². The molecule has 9 heteroatoms. The molecule has 1 aliphatic heterocycles. The Balaban J connectivity index is 2.27. The van der Waals surface area contributed by atoms with Crippen molar-refractivity contribution in [3.05, 3.63) is 23.8 Å². The van der Waals surface area contributed by atoms with E-state index in [1.165, 1.54) is 23.1 Å². The maximum atomic E-state index is 12.7. The Morgan fingerprint density at radius 2 is 2.10 bits per heavy atom. The van der Waals surface area contributed by atoms with E-state index in [-0.39, 0.29) is 29.9 Å². The van der Waals surface area contributed by atoms with Crippen LogP contribution in [0.1, 0.15) is 16.8 Å². The van der Waals surface area contributed by atoms with Crippen LogP contribution in [-0.4, -0.2) is 37.7 Å². The lowest BCUT2D eigenvalue weighted by molar-refractivity contribution is -0.117. The summed E-state index contributed by atoms with van der Waals surface area (Å²) in [5.41, 5.74) is 5.93. The number of rotatable bonds is 4. The summed E-state index contributed by atoms with van der Waals surface area (Å²) >= 11 is 0. The second kappa shape index (κ2) is 5.32. The molecule has 114 valence electrons. The SMILES string of the molecule is Nc1cc(C(=O)O)cc(N2CC(CS(=O)(=O)F)CC2=O)c1. The molecule has 3 N–H and O–H groups in total. The minimum atomic E-state index is -4.66. The number of nitrogen functional groups attached to an aromatic ring is 1. The molecular weight excluding hydrogens is 303 g/mol. The van der Waals surface area contributed by atoms with Crippen LogP contribution in [0.25, 0.3) is 0 Å². The van der Waals surface area contributed by atoms with E-state index in [0.717, 1.165) is 0 Å². The number of halogens is 1. The van der Waals surface area contributed by atoms with Crippen molar-refractivity contribution in [2.45, 2.75) is 6.42 Å². The van der Waals surface area contributed by atoms with E-state index in [2.05, 4.69) is 0 Å². The summed E-state index contributed by atoms with van der Waals surface area (Å²) in [6.45, 7) is 0.00446. The number of carboxylic acid groups (broad SMARTS) is 1. The van der Waals surface area contributed by atoms with Crippen LogP contribution in [-0.2, 0) is 15.0 Å². The molecule has 1 aromatic carbocycles. The lowest BCUT2D eigenvalue weighted by Gasteiger charge is -2.17. The second-order valence-electron chi connectivity index (χ2n) is 4.90. The number of hydrogen-bond donors (Lipinski definition) is 2. The number of amides is 1. The van der Waals surface area contributed by atoms with Gasteiger partial charge in [0.2, 0.25) is 5.91 Å². The van der Waals surface area contributed by atoms with E-state index in [1.54, 1.807) is 0 Å². The summed E-state index contributed by atoms with van der Waals surface area (Å²) in [5.74, 6) is -2.99. The van der Waals surface area contributed by atoms with Crippen LogP contribution in [0.4, 0.5) is 15.3 Å². The zero-order valence-corrected chi connectivity index (χ0v) is 11.6. The van der Waals surface area contributed by atoms with Crippen molar-refractivity contribution >= 4 is 33.5 Å². The quantitative estimate of drug-likeness (QED) is 0.621. The smallest absolute Gasteiger partial charge is 0.335 e. The summed E-state index contributed by atoms with van der Waals surface area (Å²) in [5, 5.41) is 8.96. The van der Waals surface area contributed by atoms with Crippen molar-refractivity contribution in [2.24, 2.45) is 5.92 Å². The molecule has 2 rings (SSSR count). The molecule has 1 saturated heterocycles. The molecule has 0 radical (unpaired) electrons. The highest BCUT2D eigenvalue weighted by molar-refractivity contribution is 7.86. The van der Waals surface area contributed by atoms with Gasteiger partial charge in [0.05, 0.1) is 11.3 Å². The zero-order valence-electron chi connectivity index (χ0n) is 10.8. The largest absolute Gasteiger partial charge is 0.478 e. The summed E-state index contributed by atoms with van der Waals surface area (Å²) in [7, 11) is -4.66. The molecule has 1 heterocycles. The highest BCUT2D eigenvalue weighted by Crippen LogP contribution is 2.28. The van der Waals surface area contributed by atoms with Crippen LogP contribution in [0.3, 0.4) is 0 Å². The molecule has 0 spiro atoms. The van der Waals surface area contributed by atoms with Crippen LogP contribution in [0, 0.1) is 5.92 Å². The van der Waals surface area contributed by atoms with Gasteiger partial charge in [-0.3, -0.25) is 4.79 Å². The minimum Gasteiger partial charge on any atom is -0.478 e. The average Bonchev–Trinajstić information content (AvgIpc) is 2.66. The van der Waals surface area contributed by atoms with Gasteiger partial charge in [-0.2, -0.15) is 8.42 Å². The molecule has 1 aliphatic rings. The molecule has 1 atom stereocenters. The Hall–Kier alpha value is -2.16. The maximum absolute atomic E-state index is 12.7. The van der Waals surface area contributed by atoms with Crippen LogP contribution in [0.5, 0.6) is 0 Å². The second-order valence-corrected chi connectivity index (χ2v) is 6.31. The van der Waals surface area contributed by atoms with Gasteiger partial charge in [0.15, 0.2) is 0 Å². The van der Waals surface area contributed by atoms with Gasteiger partial charge in [-0.05, 0) is 18.2 Å². The fraction of sp³-hybridized carbons (Fsp3) is 0.333. The average molecular weight is 316 g/mol. The predicted molar refractivity (Wildman–Crippen MR) is 73.2 cm³/mol. The number of nitrogens with zero attached hydrogens (tertiary/aromatic N) is 1. The Kier molecular flexibility index (Phi) is 3.86. The molecule has 0 bridgehead atoms. The van der Waals surface area contributed by atoms with Gasteiger partial charge in [0.25, 0.3) is 0 Å². The van der Waals surface area contributed by atoms with Gasteiger partial charge in [0, 0.05) is 30.3 Å². The van der Waals surface area contributed by atoms with Crippen LogP contribution in [0.2, 0.25) is 0 Å². The molecule has 1 fully saturated rings. The predicted octanol–water partition coefficient (Wildman–Crippen LogP) is 0.619. The van der Waals surface area contributed by atoms with Gasteiger partial charge in [-0.1, -0.05) is 0 Å². The zero-order chi connectivity index (χ0) is 15.8. The van der Waals surface area contributed by atoms with Crippen molar-refractivity contribution in [1.29, 1.82) is 0 Å². The molecule has 0 saturated carbocycles. The van der Waals surface area contributed by atoms with Crippen molar-refractivity contribution in [3.63, 3.8) is 0 Å². The van der Waals surface area contributed by atoms with Gasteiger partial charge in [-0.15, -0.1) is 3.89 Å². The first-order valence-corrected chi connectivity index (χ1v) is 7.57. The number of benzene rings is 1. The van der Waals surface area contributed by atoms with Gasteiger partial charge in [-0.25, -0.2) is 4.79 Å². The first-order chi connectivity index (χ1) is 9.65. The first-order valence-electron chi connectivity index (χ1n) is 6.02. The fourth-order valence-electron chi connectivity index (χ4n) is 2.34. The molecule has 1 unspecified atom stereocenters. The summed E-state index contributed by atoms with van der Waals surface area (Å²) in [6, 6.07) is 3.93. The Morgan fingerprint density at radius 1 is 1.43 bits per heavy atom. The maximum Gasteiger partial charge on any atom is 0.335 e. The van der Waals surface area contributed by atoms with Crippen LogP contribution < -0.4 is 10.6 Å². The van der Waals surface area contributed by atoms with E-state index in [0.29, 0.717) is 0 Å². The number of carbonyl (C=O) groups is 2. The molecule has 0 aliphatic carbocycles. The number of hydrogen-bond acceptors (Lipinski definition) is 5. The van der Waals surface area contributed by atoms with Crippen molar-refractivity contribution < 1.29 is 27.0 Å². The van der Waals surface area contributed by atoms with Crippen molar-refractivity contribution in [3.8, 4) is 0 Å². The third kappa shape index (κ3) is 3.69. The monoisotopic (exact) mass is 316 g/mol. The van der Waals surface area contributed by atoms with E-state index >= 15 is 0 Å². The Bertz CT molecular complexity index is 704. The molecule has 1 aromatic rings. The van der Waals surface area contributed by atoms with E-state index in [9.17, 15) is 21.9 Å². The van der Waals surface area contributed by atoms with E-state index < -0.39 is 33.8 Å².